The van der Waals surface area contributed by atoms with E-state index >= 15 is 0 Å². The highest BCUT2D eigenvalue weighted by Crippen LogP contribution is 2.38. The second kappa shape index (κ2) is 8.41. The summed E-state index contributed by atoms with van der Waals surface area (Å²) in [6, 6.07) is 6.60. The summed E-state index contributed by atoms with van der Waals surface area (Å²) in [6.07, 6.45) is 3.13. The molecular weight excluding hydrogens is 430 g/mol. The van der Waals surface area contributed by atoms with Gasteiger partial charge in [-0.3, -0.25) is 9.69 Å². The van der Waals surface area contributed by atoms with Crippen molar-refractivity contribution < 1.29 is 13.2 Å². The average molecular weight is 460 g/mol. The molecule has 0 bridgehead atoms. The van der Waals surface area contributed by atoms with Gasteiger partial charge in [0.15, 0.2) is 0 Å². The molecule has 2 aromatic heterocycles. The summed E-state index contributed by atoms with van der Waals surface area (Å²) in [7, 11) is -0.824. The van der Waals surface area contributed by atoms with Crippen LogP contribution in [0.3, 0.4) is 0 Å². The van der Waals surface area contributed by atoms with Gasteiger partial charge in [-0.1, -0.05) is 0 Å². The van der Waals surface area contributed by atoms with Crippen LogP contribution in [-0.2, 0) is 16.4 Å². The first-order valence-corrected chi connectivity index (χ1v) is 13.3. The van der Waals surface area contributed by atoms with E-state index in [2.05, 4.69) is 48.3 Å². The molecule has 3 N–H and O–H groups in total. The predicted molar refractivity (Wildman–Crippen MR) is 127 cm³/mol. The van der Waals surface area contributed by atoms with Crippen molar-refractivity contribution in [2.45, 2.75) is 45.2 Å². The fourth-order valence-electron chi connectivity index (χ4n) is 4.20. The van der Waals surface area contributed by atoms with Gasteiger partial charge in [0.25, 0.3) is 5.91 Å². The van der Waals surface area contributed by atoms with Crippen LogP contribution >= 0.6 is 11.3 Å². The number of nitrogens with two attached hydrogens (primary N) is 1. The van der Waals surface area contributed by atoms with Crippen molar-refractivity contribution in [3.8, 4) is 11.1 Å². The molecule has 1 aromatic carbocycles. The minimum atomic E-state index is -2.93. The number of thiophene rings is 1. The van der Waals surface area contributed by atoms with E-state index in [-0.39, 0.29) is 17.4 Å². The number of hydrogen-bond acceptors (Lipinski definition) is 5. The van der Waals surface area contributed by atoms with Crippen LogP contribution in [0.2, 0.25) is 0 Å². The van der Waals surface area contributed by atoms with E-state index in [1.807, 2.05) is 12.3 Å². The third kappa shape index (κ3) is 4.56. The fourth-order valence-corrected chi connectivity index (χ4v) is 6.64. The summed E-state index contributed by atoms with van der Waals surface area (Å²) in [6.45, 7) is 5.22. The van der Waals surface area contributed by atoms with Crippen molar-refractivity contribution in [2.75, 3.05) is 18.6 Å². The smallest absolute Gasteiger partial charge is 0.250 e. The largest absolute Gasteiger partial charge is 0.366 e. The van der Waals surface area contributed by atoms with Gasteiger partial charge in [-0.15, -0.1) is 11.3 Å². The van der Waals surface area contributed by atoms with Crippen molar-refractivity contribution in [3.05, 3.63) is 45.8 Å². The Morgan fingerprint density at radius 2 is 1.94 bits per heavy atom. The number of aromatic amines is 1. The molecule has 3 aromatic rings. The van der Waals surface area contributed by atoms with Crippen LogP contribution in [0.25, 0.3) is 22.0 Å². The van der Waals surface area contributed by atoms with Gasteiger partial charge in [0.05, 0.1) is 22.6 Å². The molecule has 1 fully saturated rings. The van der Waals surface area contributed by atoms with E-state index < -0.39 is 15.7 Å². The monoisotopic (exact) mass is 459 g/mol. The van der Waals surface area contributed by atoms with Gasteiger partial charge in [0.2, 0.25) is 0 Å². The second-order valence-corrected chi connectivity index (χ2v) is 12.1. The standard InChI is InChI=1S/C23H29N3O3S2/c1-14(2)26(3)12-18-8-17(13-30-18)16-9-19-21(15-4-6-31(28,29)7-5-15)11-25-22(19)20(10-16)23(24)27/h8-11,13-15,25H,4-7,12H2,1-3H3,(H2,24,27). The molecule has 0 saturated carbocycles. The lowest BCUT2D eigenvalue weighted by Crippen LogP contribution is -2.25. The zero-order valence-corrected chi connectivity index (χ0v) is 19.8. The maximum Gasteiger partial charge on any atom is 0.250 e. The van der Waals surface area contributed by atoms with Crippen molar-refractivity contribution in [1.29, 1.82) is 0 Å². The summed E-state index contributed by atoms with van der Waals surface area (Å²) in [5, 5.41) is 3.08. The quantitative estimate of drug-likeness (QED) is 0.579. The first kappa shape index (κ1) is 22.0. The van der Waals surface area contributed by atoms with Gasteiger partial charge in [-0.2, -0.15) is 0 Å². The van der Waals surface area contributed by atoms with Crippen LogP contribution in [0.4, 0.5) is 0 Å². The Bertz CT molecular complexity index is 1210. The maximum atomic E-state index is 12.2. The minimum Gasteiger partial charge on any atom is -0.366 e. The molecule has 31 heavy (non-hydrogen) atoms. The third-order valence-electron chi connectivity index (χ3n) is 6.36. The third-order valence-corrected chi connectivity index (χ3v) is 8.99. The summed E-state index contributed by atoms with van der Waals surface area (Å²) in [4.78, 5) is 19.0. The Balaban J connectivity index is 1.73. The van der Waals surface area contributed by atoms with E-state index in [4.69, 9.17) is 5.73 Å². The number of amides is 1. The summed E-state index contributed by atoms with van der Waals surface area (Å²) in [5.41, 5.74) is 10.0. The van der Waals surface area contributed by atoms with E-state index in [1.165, 1.54) is 4.88 Å². The summed E-state index contributed by atoms with van der Waals surface area (Å²) < 4.78 is 23.7. The molecule has 6 nitrogen and oxygen atoms in total. The number of fused-ring (bicyclic) bond motifs is 1. The Hall–Kier alpha value is -2.16. The number of rotatable bonds is 6. The number of benzene rings is 1. The van der Waals surface area contributed by atoms with Crippen LogP contribution < -0.4 is 5.73 Å². The predicted octanol–water partition coefficient (Wildman–Crippen LogP) is 4.13. The first-order chi connectivity index (χ1) is 14.6. The van der Waals surface area contributed by atoms with Gasteiger partial charge in [0, 0.05) is 29.0 Å². The number of aromatic nitrogens is 1. The van der Waals surface area contributed by atoms with Crippen LogP contribution in [0, 0.1) is 0 Å². The highest BCUT2D eigenvalue weighted by atomic mass is 32.2. The molecule has 1 amide bonds. The molecule has 0 atom stereocenters. The molecule has 0 aliphatic carbocycles. The summed E-state index contributed by atoms with van der Waals surface area (Å²) >= 11 is 1.71. The molecule has 1 aliphatic rings. The molecule has 1 aliphatic heterocycles. The number of nitrogens with one attached hydrogen (secondary N) is 1. The number of nitrogens with zero attached hydrogens (tertiary/aromatic N) is 1. The lowest BCUT2D eigenvalue weighted by Gasteiger charge is -2.21. The second-order valence-electron chi connectivity index (χ2n) is 8.79. The van der Waals surface area contributed by atoms with Crippen molar-refractivity contribution in [3.63, 3.8) is 0 Å². The molecule has 0 radical (unpaired) electrons. The first-order valence-electron chi connectivity index (χ1n) is 10.6. The van der Waals surface area contributed by atoms with Crippen LogP contribution in [0.5, 0.6) is 0 Å². The molecular formula is C23H29N3O3S2. The lowest BCUT2D eigenvalue weighted by atomic mass is 9.91. The van der Waals surface area contributed by atoms with Crippen molar-refractivity contribution >= 4 is 38.0 Å². The molecule has 8 heteroatoms. The van der Waals surface area contributed by atoms with Gasteiger partial charge < -0.3 is 10.7 Å². The molecule has 0 spiro atoms. The zero-order chi connectivity index (χ0) is 22.3. The maximum absolute atomic E-state index is 12.2. The SMILES string of the molecule is CC(C)N(C)Cc1cc(-c2cc(C(N)=O)c3[nH]cc(C4CCS(=O)(=O)CC4)c3c2)cs1. The Morgan fingerprint density at radius 3 is 2.58 bits per heavy atom. The van der Waals surface area contributed by atoms with E-state index in [0.29, 0.717) is 24.4 Å². The van der Waals surface area contributed by atoms with Crippen LogP contribution in [0.1, 0.15) is 53.4 Å². The zero-order valence-electron chi connectivity index (χ0n) is 18.1. The number of sulfone groups is 1. The number of H-pyrrole nitrogens is 1. The van der Waals surface area contributed by atoms with E-state index in [9.17, 15) is 13.2 Å². The Labute approximate surface area is 187 Å². The average Bonchev–Trinajstić information content (AvgIpc) is 3.34. The van der Waals surface area contributed by atoms with Gasteiger partial charge in [-0.25, -0.2) is 8.42 Å². The highest BCUT2D eigenvalue weighted by molar-refractivity contribution is 7.91. The van der Waals surface area contributed by atoms with Crippen LogP contribution in [-0.4, -0.2) is 48.8 Å². The van der Waals surface area contributed by atoms with E-state index in [1.54, 1.807) is 11.3 Å². The van der Waals surface area contributed by atoms with Crippen molar-refractivity contribution in [2.24, 2.45) is 5.73 Å². The highest BCUT2D eigenvalue weighted by Gasteiger charge is 2.27. The molecule has 4 rings (SSSR count). The normalized spacial score (nSPS) is 17.1. The molecule has 1 saturated heterocycles. The Kier molecular flexibility index (Phi) is 5.98. The number of hydrogen-bond donors (Lipinski definition) is 2. The number of carbonyl (C=O) groups is 1. The van der Waals surface area contributed by atoms with Crippen molar-refractivity contribution in [1.82, 2.24) is 9.88 Å². The summed E-state index contributed by atoms with van der Waals surface area (Å²) in [5.74, 6) is 0.112. The van der Waals surface area contributed by atoms with Crippen LogP contribution in [0.15, 0.2) is 29.8 Å². The van der Waals surface area contributed by atoms with Gasteiger partial charge >= 0.3 is 0 Å². The molecule has 0 unspecified atom stereocenters. The van der Waals surface area contributed by atoms with Gasteiger partial charge in [-0.05, 0) is 79.9 Å². The van der Waals surface area contributed by atoms with Gasteiger partial charge in [0.1, 0.15) is 9.84 Å². The Morgan fingerprint density at radius 1 is 1.23 bits per heavy atom. The minimum absolute atomic E-state index is 0.158. The van der Waals surface area contributed by atoms with E-state index in [0.717, 1.165) is 34.1 Å². The number of carbonyl (C=O) groups excluding carboxylic acids is 1. The topological polar surface area (TPSA) is 96.3 Å². The lowest BCUT2D eigenvalue weighted by molar-refractivity contribution is 0.100. The molecule has 3 heterocycles. The number of primary amides is 1. The molecule has 166 valence electrons. The fraction of sp³-hybridized carbons (Fsp3) is 0.435.